The number of ether oxygens (including phenoxy) is 1. The van der Waals surface area contributed by atoms with Crippen LogP contribution in [0, 0.1) is 5.92 Å². The van der Waals surface area contributed by atoms with Gasteiger partial charge in [-0.2, -0.15) is 0 Å². The summed E-state index contributed by atoms with van der Waals surface area (Å²) in [6.07, 6.45) is 3.42. The van der Waals surface area contributed by atoms with Gasteiger partial charge in [-0.15, -0.1) is 0 Å². The van der Waals surface area contributed by atoms with Crippen molar-refractivity contribution in [1.82, 2.24) is 4.98 Å². The number of aromatic nitrogens is 1. The van der Waals surface area contributed by atoms with Gasteiger partial charge in [-0.05, 0) is 36.4 Å². The molecule has 2 aromatic rings. The van der Waals surface area contributed by atoms with Gasteiger partial charge < -0.3 is 15.0 Å². The molecule has 1 aliphatic rings. The van der Waals surface area contributed by atoms with Gasteiger partial charge in [0, 0.05) is 24.8 Å². The molecule has 0 spiro atoms. The summed E-state index contributed by atoms with van der Waals surface area (Å²) < 4.78 is 5.11. The van der Waals surface area contributed by atoms with Crippen LogP contribution in [0.3, 0.4) is 0 Å². The van der Waals surface area contributed by atoms with E-state index in [0.29, 0.717) is 12.2 Å². The van der Waals surface area contributed by atoms with Crippen molar-refractivity contribution < 1.29 is 14.3 Å². The topological polar surface area (TPSA) is 71.5 Å². The van der Waals surface area contributed by atoms with E-state index in [2.05, 4.69) is 10.3 Å². The molecule has 6 heteroatoms. The lowest BCUT2D eigenvalue weighted by atomic mass is 10.1. The van der Waals surface area contributed by atoms with Crippen LogP contribution in [0.5, 0.6) is 5.75 Å². The Labute approximate surface area is 134 Å². The number of methoxy groups -OCH3 is 1. The molecule has 2 heterocycles. The van der Waals surface area contributed by atoms with Crippen molar-refractivity contribution in [2.24, 2.45) is 5.92 Å². The predicted octanol–water partition coefficient (Wildman–Crippen LogP) is 2.08. The maximum atomic E-state index is 12.3. The van der Waals surface area contributed by atoms with E-state index < -0.39 is 0 Å². The minimum Gasteiger partial charge on any atom is -0.497 e. The van der Waals surface area contributed by atoms with E-state index in [4.69, 9.17) is 4.74 Å². The molecule has 0 saturated carbocycles. The zero-order valence-electron chi connectivity index (χ0n) is 12.7. The van der Waals surface area contributed by atoms with Crippen LogP contribution in [0.15, 0.2) is 48.8 Å². The molecular weight excluding hydrogens is 294 g/mol. The summed E-state index contributed by atoms with van der Waals surface area (Å²) in [5.41, 5.74) is 1.40. The van der Waals surface area contributed by atoms with Gasteiger partial charge in [-0.1, -0.05) is 0 Å². The largest absolute Gasteiger partial charge is 0.497 e. The van der Waals surface area contributed by atoms with Gasteiger partial charge in [-0.3, -0.25) is 14.6 Å². The zero-order valence-corrected chi connectivity index (χ0v) is 12.7. The fraction of sp³-hybridized carbons (Fsp3) is 0.235. The number of benzene rings is 1. The first-order chi connectivity index (χ1) is 11.2. The molecule has 0 unspecified atom stereocenters. The second kappa shape index (κ2) is 6.48. The molecule has 0 bridgehead atoms. The summed E-state index contributed by atoms with van der Waals surface area (Å²) >= 11 is 0. The molecule has 0 aliphatic carbocycles. The van der Waals surface area contributed by atoms with Crippen LogP contribution in [0.4, 0.5) is 11.4 Å². The summed E-state index contributed by atoms with van der Waals surface area (Å²) in [4.78, 5) is 30.1. The van der Waals surface area contributed by atoms with Crippen molar-refractivity contribution in [2.75, 3.05) is 23.9 Å². The van der Waals surface area contributed by atoms with Gasteiger partial charge >= 0.3 is 0 Å². The Hall–Kier alpha value is -2.89. The fourth-order valence-corrected chi connectivity index (χ4v) is 2.58. The van der Waals surface area contributed by atoms with Gasteiger partial charge in [0.15, 0.2) is 0 Å². The highest BCUT2D eigenvalue weighted by Gasteiger charge is 2.35. The molecule has 23 heavy (non-hydrogen) atoms. The normalized spacial score (nSPS) is 17.2. The van der Waals surface area contributed by atoms with Crippen LogP contribution in [-0.4, -0.2) is 30.5 Å². The first-order valence-corrected chi connectivity index (χ1v) is 7.32. The lowest BCUT2D eigenvalue weighted by molar-refractivity contribution is -0.122. The summed E-state index contributed by atoms with van der Waals surface area (Å²) in [5, 5.41) is 2.79. The zero-order chi connectivity index (χ0) is 16.2. The first-order valence-electron chi connectivity index (χ1n) is 7.32. The molecule has 1 fully saturated rings. The Balaban J connectivity index is 1.67. The number of rotatable bonds is 4. The van der Waals surface area contributed by atoms with E-state index >= 15 is 0 Å². The smallest absolute Gasteiger partial charge is 0.229 e. The molecule has 1 N–H and O–H groups in total. The van der Waals surface area contributed by atoms with Crippen molar-refractivity contribution >= 4 is 23.2 Å². The van der Waals surface area contributed by atoms with E-state index in [9.17, 15) is 9.59 Å². The fourth-order valence-electron chi connectivity index (χ4n) is 2.58. The van der Waals surface area contributed by atoms with Gasteiger partial charge in [0.05, 0.1) is 24.9 Å². The van der Waals surface area contributed by atoms with E-state index in [1.807, 2.05) is 12.1 Å². The third kappa shape index (κ3) is 3.31. The van der Waals surface area contributed by atoms with Gasteiger partial charge in [0.1, 0.15) is 5.75 Å². The van der Waals surface area contributed by atoms with Crippen molar-refractivity contribution in [3.05, 3.63) is 48.8 Å². The van der Waals surface area contributed by atoms with E-state index in [0.717, 1.165) is 11.4 Å². The van der Waals surface area contributed by atoms with Crippen molar-refractivity contribution in [3.63, 3.8) is 0 Å². The standard InChI is InChI=1S/C17H17N3O3/c1-23-15-6-4-14(5-7-15)20-11-12(9-16(20)21)17(22)19-13-3-2-8-18-10-13/h2-8,10,12H,9,11H2,1H3,(H,19,22)/t12-/m1/s1. The number of carbonyl (C=O) groups is 2. The van der Waals surface area contributed by atoms with Crippen molar-refractivity contribution in [3.8, 4) is 5.75 Å². The van der Waals surface area contributed by atoms with Gasteiger partial charge in [-0.25, -0.2) is 0 Å². The predicted molar refractivity (Wildman–Crippen MR) is 86.3 cm³/mol. The van der Waals surface area contributed by atoms with Crippen LogP contribution < -0.4 is 15.0 Å². The highest BCUT2D eigenvalue weighted by molar-refractivity contribution is 6.03. The van der Waals surface area contributed by atoms with Crippen LogP contribution >= 0.6 is 0 Å². The molecule has 3 rings (SSSR count). The van der Waals surface area contributed by atoms with Crippen LogP contribution in [0.1, 0.15) is 6.42 Å². The van der Waals surface area contributed by atoms with Crippen molar-refractivity contribution in [1.29, 1.82) is 0 Å². The summed E-state index contributed by atoms with van der Waals surface area (Å²) in [6, 6.07) is 10.7. The lowest BCUT2D eigenvalue weighted by Gasteiger charge is -2.17. The molecule has 1 aromatic carbocycles. The Bertz CT molecular complexity index is 701. The Morgan fingerprint density at radius 3 is 2.74 bits per heavy atom. The average molecular weight is 311 g/mol. The third-order valence-corrected chi connectivity index (χ3v) is 3.81. The lowest BCUT2D eigenvalue weighted by Crippen LogP contribution is -2.28. The summed E-state index contributed by atoms with van der Waals surface area (Å²) in [5.74, 6) is 0.139. The highest BCUT2D eigenvalue weighted by atomic mass is 16.5. The molecule has 1 saturated heterocycles. The molecule has 118 valence electrons. The van der Waals surface area contributed by atoms with Crippen molar-refractivity contribution in [2.45, 2.75) is 6.42 Å². The molecular formula is C17H17N3O3. The number of amides is 2. The first kappa shape index (κ1) is 15.0. The second-order valence-corrected chi connectivity index (χ2v) is 5.33. The summed E-state index contributed by atoms with van der Waals surface area (Å²) in [6.45, 7) is 0.372. The number of anilines is 2. The quantitative estimate of drug-likeness (QED) is 0.938. The highest BCUT2D eigenvalue weighted by Crippen LogP contribution is 2.27. The minimum atomic E-state index is -0.371. The Morgan fingerprint density at radius 1 is 1.30 bits per heavy atom. The Kier molecular flexibility index (Phi) is 4.23. The maximum Gasteiger partial charge on any atom is 0.229 e. The van der Waals surface area contributed by atoms with E-state index in [1.165, 1.54) is 0 Å². The number of carbonyl (C=O) groups excluding carboxylic acids is 2. The summed E-state index contributed by atoms with van der Waals surface area (Å²) in [7, 11) is 1.59. The van der Waals surface area contributed by atoms with Gasteiger partial charge in [0.25, 0.3) is 0 Å². The van der Waals surface area contributed by atoms with E-state index in [1.54, 1.807) is 48.7 Å². The number of pyridine rings is 1. The Morgan fingerprint density at radius 2 is 2.09 bits per heavy atom. The molecule has 6 nitrogen and oxygen atoms in total. The van der Waals surface area contributed by atoms with Crippen LogP contribution in [0.25, 0.3) is 0 Å². The average Bonchev–Trinajstić information content (AvgIpc) is 2.98. The van der Waals surface area contributed by atoms with Crippen LogP contribution in [-0.2, 0) is 9.59 Å². The maximum absolute atomic E-state index is 12.3. The minimum absolute atomic E-state index is 0.0542. The number of hydrogen-bond acceptors (Lipinski definition) is 4. The number of hydrogen-bond donors (Lipinski definition) is 1. The molecule has 1 aliphatic heterocycles. The third-order valence-electron chi connectivity index (χ3n) is 3.81. The monoisotopic (exact) mass is 311 g/mol. The SMILES string of the molecule is COc1ccc(N2C[C@H](C(=O)Nc3cccnc3)CC2=O)cc1. The van der Waals surface area contributed by atoms with Crippen LogP contribution in [0.2, 0.25) is 0 Å². The molecule has 0 radical (unpaired) electrons. The molecule has 1 aromatic heterocycles. The molecule has 1 atom stereocenters. The number of nitrogens with one attached hydrogen (secondary N) is 1. The van der Waals surface area contributed by atoms with Gasteiger partial charge in [0.2, 0.25) is 11.8 Å². The number of nitrogens with zero attached hydrogens (tertiary/aromatic N) is 2. The molecule has 2 amide bonds. The second-order valence-electron chi connectivity index (χ2n) is 5.33. The van der Waals surface area contributed by atoms with E-state index in [-0.39, 0.29) is 24.2 Å².